The molecule has 84 valence electrons. The zero-order chi connectivity index (χ0) is 11.5. The van der Waals surface area contributed by atoms with E-state index in [1.54, 1.807) is 36.3 Å². The number of hydrogen-bond acceptors (Lipinski definition) is 2. The number of carbonyl (C=O) groups excluding carboxylic acids is 1. The van der Waals surface area contributed by atoms with Gasteiger partial charge in [0.2, 0.25) is 0 Å². The van der Waals surface area contributed by atoms with E-state index in [1.165, 1.54) is 0 Å². The van der Waals surface area contributed by atoms with Gasteiger partial charge in [-0.25, -0.2) is 4.98 Å². The molecular weight excluding hydrogens is 228 g/mol. The maximum Gasteiger partial charge on any atom is 0.268 e. The van der Waals surface area contributed by atoms with E-state index < -0.39 is 0 Å². The van der Waals surface area contributed by atoms with Crippen LogP contribution in [-0.4, -0.2) is 20.4 Å². The number of carbonyl (C=O) groups is 1. The third kappa shape index (κ3) is 2.25. The van der Waals surface area contributed by atoms with Gasteiger partial charge in [-0.15, -0.1) is 0 Å². The molecule has 2 rings (SSSR count). The lowest BCUT2D eigenvalue weighted by Gasteiger charge is -2.03. The average Bonchev–Trinajstić information content (AvgIpc) is 2.84. The maximum absolute atomic E-state index is 11.7. The second-order valence-electron chi connectivity index (χ2n) is 3.37. The SMILES string of the molecule is Cn1cc(Cl)cc1C(=O)NCc1ncc[nH]1. The maximum atomic E-state index is 11.7. The smallest absolute Gasteiger partial charge is 0.268 e. The van der Waals surface area contributed by atoms with Crippen LogP contribution in [0.2, 0.25) is 5.02 Å². The van der Waals surface area contributed by atoms with E-state index in [1.807, 2.05) is 0 Å². The first-order chi connectivity index (χ1) is 7.66. The Bertz CT molecular complexity index is 489. The Morgan fingerprint density at radius 1 is 1.69 bits per heavy atom. The fraction of sp³-hybridized carbons (Fsp3) is 0.200. The summed E-state index contributed by atoms with van der Waals surface area (Å²) in [7, 11) is 1.77. The van der Waals surface area contributed by atoms with Crippen molar-refractivity contribution in [3.63, 3.8) is 0 Å². The summed E-state index contributed by atoms with van der Waals surface area (Å²) >= 11 is 5.79. The Morgan fingerprint density at radius 2 is 2.50 bits per heavy atom. The quantitative estimate of drug-likeness (QED) is 0.848. The molecule has 0 bridgehead atoms. The van der Waals surface area contributed by atoms with E-state index in [0.717, 1.165) is 0 Å². The first-order valence-corrected chi connectivity index (χ1v) is 5.13. The number of aromatic amines is 1. The monoisotopic (exact) mass is 238 g/mol. The molecule has 0 spiro atoms. The van der Waals surface area contributed by atoms with Crippen LogP contribution < -0.4 is 5.32 Å². The van der Waals surface area contributed by atoms with Gasteiger partial charge >= 0.3 is 0 Å². The van der Waals surface area contributed by atoms with E-state index in [9.17, 15) is 4.79 Å². The van der Waals surface area contributed by atoms with Crippen molar-refractivity contribution in [1.29, 1.82) is 0 Å². The Kier molecular flexibility index (Phi) is 2.96. The van der Waals surface area contributed by atoms with Crippen LogP contribution in [0.25, 0.3) is 0 Å². The lowest BCUT2D eigenvalue weighted by atomic mass is 10.4. The zero-order valence-corrected chi connectivity index (χ0v) is 9.45. The van der Waals surface area contributed by atoms with E-state index >= 15 is 0 Å². The lowest BCUT2D eigenvalue weighted by molar-refractivity contribution is 0.0942. The van der Waals surface area contributed by atoms with Gasteiger partial charge in [0.25, 0.3) is 5.91 Å². The number of aryl methyl sites for hydroxylation is 1. The van der Waals surface area contributed by atoms with E-state index in [4.69, 9.17) is 11.6 Å². The Morgan fingerprint density at radius 3 is 3.06 bits per heavy atom. The highest BCUT2D eigenvalue weighted by molar-refractivity contribution is 6.31. The fourth-order valence-corrected chi connectivity index (χ4v) is 1.65. The number of imidazole rings is 1. The van der Waals surface area contributed by atoms with Gasteiger partial charge in [0.1, 0.15) is 11.5 Å². The Balaban J connectivity index is 2.01. The van der Waals surface area contributed by atoms with Gasteiger partial charge in [-0.1, -0.05) is 11.6 Å². The molecule has 0 aliphatic rings. The Hall–Kier alpha value is -1.75. The second kappa shape index (κ2) is 4.40. The van der Waals surface area contributed by atoms with Gasteiger partial charge in [0, 0.05) is 25.6 Å². The van der Waals surface area contributed by atoms with Gasteiger partial charge in [-0.05, 0) is 6.07 Å². The van der Waals surface area contributed by atoms with Crippen LogP contribution >= 0.6 is 11.6 Å². The topological polar surface area (TPSA) is 62.7 Å². The van der Waals surface area contributed by atoms with Crippen LogP contribution in [-0.2, 0) is 13.6 Å². The molecule has 2 aromatic heterocycles. The summed E-state index contributed by atoms with van der Waals surface area (Å²) in [5.74, 6) is 0.541. The number of nitrogens with zero attached hydrogens (tertiary/aromatic N) is 2. The number of aromatic nitrogens is 3. The summed E-state index contributed by atoms with van der Waals surface area (Å²) in [4.78, 5) is 18.7. The first-order valence-electron chi connectivity index (χ1n) is 4.75. The van der Waals surface area contributed by atoms with Crippen molar-refractivity contribution in [1.82, 2.24) is 19.9 Å². The van der Waals surface area contributed by atoms with Crippen LogP contribution in [0.15, 0.2) is 24.7 Å². The molecule has 2 heterocycles. The van der Waals surface area contributed by atoms with Crippen molar-refractivity contribution >= 4 is 17.5 Å². The van der Waals surface area contributed by atoms with Crippen molar-refractivity contribution < 1.29 is 4.79 Å². The molecule has 2 N–H and O–H groups in total. The van der Waals surface area contributed by atoms with Crippen molar-refractivity contribution in [2.24, 2.45) is 7.05 Å². The van der Waals surface area contributed by atoms with Crippen molar-refractivity contribution in [2.45, 2.75) is 6.54 Å². The molecule has 16 heavy (non-hydrogen) atoms. The van der Waals surface area contributed by atoms with Crippen molar-refractivity contribution in [3.05, 3.63) is 41.2 Å². The number of rotatable bonds is 3. The van der Waals surface area contributed by atoms with Gasteiger partial charge in [-0.3, -0.25) is 4.79 Å². The molecular formula is C10H11ClN4O. The van der Waals surface area contributed by atoms with Crippen LogP contribution in [0.5, 0.6) is 0 Å². The minimum absolute atomic E-state index is 0.175. The van der Waals surface area contributed by atoms with Gasteiger partial charge < -0.3 is 14.9 Å². The summed E-state index contributed by atoms with van der Waals surface area (Å²) in [6.07, 6.45) is 5.03. The highest BCUT2D eigenvalue weighted by Gasteiger charge is 2.10. The van der Waals surface area contributed by atoms with Crippen LogP contribution in [0.4, 0.5) is 0 Å². The van der Waals surface area contributed by atoms with Crippen LogP contribution in [0.1, 0.15) is 16.3 Å². The molecule has 0 saturated heterocycles. The van der Waals surface area contributed by atoms with Crippen LogP contribution in [0.3, 0.4) is 0 Å². The van der Waals surface area contributed by atoms with E-state index in [2.05, 4.69) is 15.3 Å². The van der Waals surface area contributed by atoms with Gasteiger partial charge in [0.15, 0.2) is 0 Å². The molecule has 0 aliphatic carbocycles. The molecule has 5 nitrogen and oxygen atoms in total. The molecule has 0 fully saturated rings. The molecule has 0 aliphatic heterocycles. The number of hydrogen-bond donors (Lipinski definition) is 2. The lowest BCUT2D eigenvalue weighted by Crippen LogP contribution is -2.25. The molecule has 0 radical (unpaired) electrons. The van der Waals surface area contributed by atoms with Crippen molar-refractivity contribution in [2.75, 3.05) is 0 Å². The summed E-state index contributed by atoms with van der Waals surface area (Å²) < 4.78 is 1.68. The predicted octanol–water partition coefficient (Wildman–Crippen LogP) is 1.33. The normalized spacial score (nSPS) is 10.4. The third-order valence-electron chi connectivity index (χ3n) is 2.18. The van der Waals surface area contributed by atoms with Gasteiger partial charge in [-0.2, -0.15) is 0 Å². The molecule has 2 aromatic rings. The molecule has 0 saturated carbocycles. The summed E-state index contributed by atoms with van der Waals surface area (Å²) in [5, 5.41) is 3.29. The van der Waals surface area contributed by atoms with Crippen molar-refractivity contribution in [3.8, 4) is 0 Å². The third-order valence-corrected chi connectivity index (χ3v) is 2.38. The summed E-state index contributed by atoms with van der Waals surface area (Å²) in [6.45, 7) is 0.370. The highest BCUT2D eigenvalue weighted by Crippen LogP contribution is 2.12. The highest BCUT2D eigenvalue weighted by atomic mass is 35.5. The van der Waals surface area contributed by atoms with E-state index in [-0.39, 0.29) is 5.91 Å². The number of H-pyrrole nitrogens is 1. The number of halogens is 1. The molecule has 6 heteroatoms. The predicted molar refractivity (Wildman–Crippen MR) is 60.2 cm³/mol. The minimum Gasteiger partial charge on any atom is -0.347 e. The molecule has 0 aromatic carbocycles. The van der Waals surface area contributed by atoms with E-state index in [0.29, 0.717) is 23.1 Å². The van der Waals surface area contributed by atoms with Gasteiger partial charge in [0.05, 0.1) is 11.6 Å². The summed E-state index contributed by atoms with van der Waals surface area (Å²) in [5.41, 5.74) is 0.525. The molecule has 1 amide bonds. The number of amides is 1. The fourth-order valence-electron chi connectivity index (χ4n) is 1.40. The largest absolute Gasteiger partial charge is 0.347 e. The average molecular weight is 239 g/mol. The Labute approximate surface area is 97.4 Å². The number of nitrogens with one attached hydrogen (secondary N) is 2. The molecule has 0 unspecified atom stereocenters. The molecule has 0 atom stereocenters. The minimum atomic E-state index is -0.175. The first kappa shape index (κ1) is 10.8. The van der Waals surface area contributed by atoms with Crippen LogP contribution in [0, 0.1) is 0 Å². The second-order valence-corrected chi connectivity index (χ2v) is 3.81. The standard InChI is InChI=1S/C10H11ClN4O/c1-15-6-7(11)4-8(15)10(16)14-5-9-12-2-3-13-9/h2-4,6H,5H2,1H3,(H,12,13)(H,14,16). The summed E-state index contributed by atoms with van der Waals surface area (Å²) in [6, 6.07) is 1.62. The zero-order valence-electron chi connectivity index (χ0n) is 8.70.